The maximum Gasteiger partial charge on any atom is 0.573 e. The third-order valence-corrected chi connectivity index (χ3v) is 4.09. The first-order valence-electron chi connectivity index (χ1n) is 9.10. The quantitative estimate of drug-likeness (QED) is 0.357. The van der Waals surface area contributed by atoms with Gasteiger partial charge in [-0.15, -0.1) is 13.2 Å². The molecule has 0 aliphatic heterocycles. The average molecular weight is 470 g/mol. The number of halogens is 6. The van der Waals surface area contributed by atoms with Gasteiger partial charge in [0.05, 0.1) is 6.42 Å². The number of hydrogen-bond acceptors (Lipinski definition) is 8. The summed E-state index contributed by atoms with van der Waals surface area (Å²) in [5, 5.41) is 13.0. The molecule has 0 saturated heterocycles. The minimum Gasteiger partial charge on any atom is -0.406 e. The summed E-state index contributed by atoms with van der Waals surface area (Å²) in [5.41, 5.74) is 0.947. The molecule has 2 aromatic carbocycles. The predicted octanol–water partition coefficient (Wildman–Crippen LogP) is 5.50. The van der Waals surface area contributed by atoms with Crippen molar-refractivity contribution in [2.45, 2.75) is 19.0 Å². The Kier molecular flexibility index (Phi) is 5.66. The summed E-state index contributed by atoms with van der Waals surface area (Å²) in [5.74, 6) is -0.174. The highest BCUT2D eigenvalue weighted by Crippen LogP contribution is 2.29. The Bertz CT molecular complexity index is 1140. The van der Waals surface area contributed by atoms with E-state index in [4.69, 9.17) is 0 Å². The van der Waals surface area contributed by atoms with Crippen molar-refractivity contribution in [3.05, 3.63) is 54.1 Å². The Morgan fingerprint density at radius 3 is 1.67 bits per heavy atom. The first kappa shape index (κ1) is 22.1. The molecule has 0 saturated carbocycles. The zero-order valence-electron chi connectivity index (χ0n) is 16.2. The number of fused-ring (bicyclic) bond motifs is 1. The molecule has 2 N–H and O–H groups in total. The van der Waals surface area contributed by atoms with E-state index in [1.165, 1.54) is 36.4 Å². The molecule has 14 heteroatoms. The molecule has 2 aromatic heterocycles. The van der Waals surface area contributed by atoms with Crippen molar-refractivity contribution in [1.82, 2.24) is 20.3 Å². The summed E-state index contributed by atoms with van der Waals surface area (Å²) >= 11 is 0. The molecule has 4 rings (SSSR count). The van der Waals surface area contributed by atoms with Crippen LogP contribution >= 0.6 is 0 Å². The molecule has 8 nitrogen and oxygen atoms in total. The highest BCUT2D eigenvalue weighted by Gasteiger charge is 2.31. The Hall–Kier alpha value is -4.10. The predicted molar refractivity (Wildman–Crippen MR) is 103 cm³/mol. The molecule has 0 unspecified atom stereocenters. The van der Waals surface area contributed by atoms with Gasteiger partial charge >= 0.3 is 12.5 Å². The second kappa shape index (κ2) is 8.44. The molecule has 0 radical (unpaired) electrons. The topological polar surface area (TPSA) is 98.0 Å². The Labute approximate surface area is 180 Å². The van der Waals surface area contributed by atoms with E-state index in [0.717, 1.165) is 12.1 Å². The molecule has 0 fully saturated rings. The second-order valence-corrected chi connectivity index (χ2v) is 6.64. The average Bonchev–Trinajstić information content (AvgIpc) is 3.16. The maximum absolute atomic E-state index is 12.5. The number of aromatic nitrogens is 4. The van der Waals surface area contributed by atoms with E-state index >= 15 is 0 Å². The van der Waals surface area contributed by atoms with Crippen molar-refractivity contribution in [2.24, 2.45) is 0 Å². The van der Waals surface area contributed by atoms with Gasteiger partial charge in [0, 0.05) is 11.4 Å². The first-order chi connectivity index (χ1) is 15.5. The smallest absolute Gasteiger partial charge is 0.406 e. The molecule has 4 aromatic rings. The molecule has 172 valence electrons. The zero-order chi connectivity index (χ0) is 23.6. The third kappa shape index (κ3) is 5.99. The first-order valence-corrected chi connectivity index (χ1v) is 9.10. The molecular weight excluding hydrogens is 458 g/mol. The number of nitrogens with zero attached hydrogens (tertiary/aromatic N) is 4. The minimum absolute atomic E-state index is 0.0561. The molecule has 0 aliphatic carbocycles. The highest BCUT2D eigenvalue weighted by molar-refractivity contribution is 5.79. The third-order valence-electron chi connectivity index (χ3n) is 4.09. The van der Waals surface area contributed by atoms with E-state index in [-0.39, 0.29) is 28.5 Å². The molecule has 0 bridgehead atoms. The van der Waals surface area contributed by atoms with Crippen molar-refractivity contribution < 1.29 is 35.7 Å². The fourth-order valence-corrected chi connectivity index (χ4v) is 2.76. The monoisotopic (exact) mass is 470 g/mol. The van der Waals surface area contributed by atoms with Crippen LogP contribution in [0.25, 0.3) is 11.3 Å². The van der Waals surface area contributed by atoms with Crippen molar-refractivity contribution >= 4 is 34.3 Å². The van der Waals surface area contributed by atoms with Gasteiger partial charge in [-0.2, -0.15) is 13.2 Å². The van der Waals surface area contributed by atoms with Crippen LogP contribution in [0.15, 0.2) is 53.2 Å². The van der Waals surface area contributed by atoms with Crippen LogP contribution in [0, 0.1) is 0 Å². The molecule has 2 heterocycles. The lowest BCUT2D eigenvalue weighted by Crippen LogP contribution is -2.17. The van der Waals surface area contributed by atoms with Gasteiger partial charge in [0.1, 0.15) is 5.75 Å². The number of anilines is 4. The van der Waals surface area contributed by atoms with Crippen molar-refractivity contribution in [3.63, 3.8) is 0 Å². The van der Waals surface area contributed by atoms with Crippen molar-refractivity contribution in [1.29, 1.82) is 0 Å². The van der Waals surface area contributed by atoms with Crippen LogP contribution < -0.4 is 15.4 Å². The van der Waals surface area contributed by atoms with Crippen molar-refractivity contribution in [3.8, 4) is 5.75 Å². The van der Waals surface area contributed by atoms with Crippen LogP contribution in [0.5, 0.6) is 5.75 Å². The van der Waals surface area contributed by atoms with Gasteiger partial charge in [-0.1, -0.05) is 12.1 Å². The lowest BCUT2D eigenvalue weighted by atomic mass is 10.1. The number of ether oxygens (including phenoxy) is 1. The summed E-state index contributed by atoms with van der Waals surface area (Å²) in [6.45, 7) is 0. The number of nitrogens with one attached hydrogen (secondary N) is 2. The van der Waals surface area contributed by atoms with Gasteiger partial charge in [0.15, 0.2) is 11.6 Å². The second-order valence-electron chi connectivity index (χ2n) is 6.64. The van der Waals surface area contributed by atoms with Crippen LogP contribution in [0.4, 0.5) is 49.4 Å². The molecule has 33 heavy (non-hydrogen) atoms. The highest BCUT2D eigenvalue weighted by atomic mass is 19.4. The van der Waals surface area contributed by atoms with E-state index in [1.54, 1.807) is 0 Å². The summed E-state index contributed by atoms with van der Waals surface area (Å²) < 4.78 is 83.0. The van der Waals surface area contributed by atoms with Crippen LogP contribution in [-0.2, 0) is 6.42 Å². The van der Waals surface area contributed by atoms with E-state index in [9.17, 15) is 26.3 Å². The summed E-state index contributed by atoms with van der Waals surface area (Å²) in [6.07, 6.45) is -10.2. The van der Waals surface area contributed by atoms with E-state index in [1.807, 2.05) is 0 Å². The number of alkyl halides is 6. The van der Waals surface area contributed by atoms with Gasteiger partial charge in [-0.25, -0.2) is 14.6 Å². The van der Waals surface area contributed by atoms with E-state index < -0.39 is 24.7 Å². The van der Waals surface area contributed by atoms with Gasteiger partial charge in [0.25, 0.3) is 0 Å². The lowest BCUT2D eigenvalue weighted by molar-refractivity contribution is -0.274. The Balaban J connectivity index is 1.57. The molecule has 0 aliphatic rings. The van der Waals surface area contributed by atoms with Crippen LogP contribution in [-0.4, -0.2) is 32.8 Å². The van der Waals surface area contributed by atoms with Crippen molar-refractivity contribution in [2.75, 3.05) is 10.6 Å². The molecular formula is C19H12F6N6O2. The minimum atomic E-state index is -4.82. The number of rotatable bonds is 6. The fourth-order valence-electron chi connectivity index (χ4n) is 2.76. The largest absolute Gasteiger partial charge is 0.573 e. The molecule has 0 atom stereocenters. The van der Waals surface area contributed by atoms with Gasteiger partial charge in [-0.3, -0.25) is 0 Å². The maximum atomic E-state index is 12.5. The van der Waals surface area contributed by atoms with Crippen LogP contribution in [0.3, 0.4) is 0 Å². The Morgan fingerprint density at radius 2 is 1.21 bits per heavy atom. The number of benzene rings is 2. The van der Waals surface area contributed by atoms with E-state index in [2.05, 4.69) is 40.3 Å². The Morgan fingerprint density at radius 1 is 0.727 bits per heavy atom. The summed E-state index contributed by atoms with van der Waals surface area (Å²) in [6, 6.07) is 10.3. The molecule has 0 spiro atoms. The SMILES string of the molecule is FC(F)(F)Cc1ccc(Nc2nc3nonc3nc2Nc2ccc(OC(F)(F)F)cc2)cc1. The fraction of sp³-hybridized carbons (Fsp3) is 0.158. The van der Waals surface area contributed by atoms with Gasteiger partial charge in [-0.05, 0) is 52.3 Å². The normalized spacial score (nSPS) is 12.1. The number of hydrogen-bond donors (Lipinski definition) is 2. The zero-order valence-corrected chi connectivity index (χ0v) is 16.2. The summed E-state index contributed by atoms with van der Waals surface area (Å²) in [7, 11) is 0. The lowest BCUT2D eigenvalue weighted by Gasteiger charge is -2.13. The molecule has 0 amide bonds. The van der Waals surface area contributed by atoms with E-state index in [0.29, 0.717) is 11.4 Å². The van der Waals surface area contributed by atoms with Gasteiger partial charge < -0.3 is 15.4 Å². The standard InChI is InChI=1S/C19H12F6N6O2/c20-18(21,22)9-10-1-3-11(4-2-10)26-14-15(29-17-16(28-14)30-33-31-17)27-12-5-7-13(8-6-12)32-19(23,24)25/h1-8H,9H2,(H,26,28,30)(H,27,29,31). The van der Waals surface area contributed by atoms with Crippen LogP contribution in [0.2, 0.25) is 0 Å². The summed E-state index contributed by atoms with van der Waals surface area (Å²) in [4.78, 5) is 8.43. The van der Waals surface area contributed by atoms with Gasteiger partial charge in [0.2, 0.25) is 11.3 Å². The van der Waals surface area contributed by atoms with Crippen LogP contribution in [0.1, 0.15) is 5.56 Å².